The fourth-order valence-corrected chi connectivity index (χ4v) is 3.50. The Morgan fingerprint density at radius 1 is 1.18 bits per heavy atom. The van der Waals surface area contributed by atoms with Gasteiger partial charge in [-0.1, -0.05) is 0 Å². The van der Waals surface area contributed by atoms with E-state index in [0.717, 1.165) is 22.6 Å². The van der Waals surface area contributed by atoms with E-state index < -0.39 is 0 Å². The van der Waals surface area contributed by atoms with Gasteiger partial charge in [0.15, 0.2) is 0 Å². The average Bonchev–Trinajstić information content (AvgIpc) is 2.39. The van der Waals surface area contributed by atoms with Crippen LogP contribution < -0.4 is 0 Å². The molecule has 0 saturated heterocycles. The molecule has 0 aromatic rings. The molecule has 0 nitrogen and oxygen atoms in total. The van der Waals surface area contributed by atoms with E-state index in [2.05, 4.69) is 36.8 Å². The van der Waals surface area contributed by atoms with Gasteiger partial charge in [-0.15, -0.1) is 0 Å². The number of fused-ring (bicyclic) bond motifs is 1. The van der Waals surface area contributed by atoms with Crippen molar-refractivity contribution in [2.75, 3.05) is 0 Å². The van der Waals surface area contributed by atoms with Gasteiger partial charge in [-0.3, -0.25) is 0 Å². The molecule has 0 N–H and O–H groups in total. The van der Waals surface area contributed by atoms with Crippen molar-refractivity contribution in [3.63, 3.8) is 0 Å². The molecular formula is C10H17Se. The number of hydrogen-bond acceptors (Lipinski definition) is 0. The van der Waals surface area contributed by atoms with Gasteiger partial charge in [0.25, 0.3) is 0 Å². The average molecular weight is 216 g/mol. The third kappa shape index (κ3) is 1.09. The zero-order chi connectivity index (χ0) is 8.22. The Balaban J connectivity index is 2.07. The number of rotatable bonds is 0. The molecule has 0 aromatic heterocycles. The summed E-state index contributed by atoms with van der Waals surface area (Å²) in [5.41, 5.74) is 0.687. The molecule has 0 aromatic carbocycles. The van der Waals surface area contributed by atoms with Crippen LogP contribution in [0.2, 0.25) is 4.82 Å². The van der Waals surface area contributed by atoms with E-state index in [1.807, 2.05) is 0 Å². The van der Waals surface area contributed by atoms with Crippen molar-refractivity contribution >= 4 is 16.0 Å². The van der Waals surface area contributed by atoms with E-state index >= 15 is 0 Å². The van der Waals surface area contributed by atoms with Crippen LogP contribution in [0.3, 0.4) is 0 Å². The Labute approximate surface area is 77.9 Å². The van der Waals surface area contributed by atoms with E-state index in [1.54, 1.807) is 0 Å². The molecule has 2 aliphatic rings. The van der Waals surface area contributed by atoms with Gasteiger partial charge in [0.05, 0.1) is 0 Å². The summed E-state index contributed by atoms with van der Waals surface area (Å²) in [7, 11) is 0. The second-order valence-electron chi connectivity index (χ2n) is 5.02. The van der Waals surface area contributed by atoms with E-state index in [-0.39, 0.29) is 0 Å². The molecule has 2 saturated carbocycles. The van der Waals surface area contributed by atoms with E-state index in [0.29, 0.717) is 5.41 Å². The monoisotopic (exact) mass is 217 g/mol. The van der Waals surface area contributed by atoms with Crippen LogP contribution in [0.15, 0.2) is 0 Å². The van der Waals surface area contributed by atoms with Crippen molar-refractivity contribution in [3.05, 3.63) is 0 Å². The summed E-state index contributed by atoms with van der Waals surface area (Å²) >= 11 is 3.32. The van der Waals surface area contributed by atoms with Crippen LogP contribution >= 0.6 is 0 Å². The molecular weight excluding hydrogens is 199 g/mol. The molecule has 0 amide bonds. The van der Waals surface area contributed by atoms with Gasteiger partial charge in [-0.2, -0.15) is 0 Å². The van der Waals surface area contributed by atoms with Gasteiger partial charge in [-0.25, -0.2) is 0 Å². The fourth-order valence-electron chi connectivity index (χ4n) is 2.83. The minimum absolute atomic E-state index is 0.687. The van der Waals surface area contributed by atoms with E-state index in [4.69, 9.17) is 0 Å². The van der Waals surface area contributed by atoms with Gasteiger partial charge >= 0.3 is 77.6 Å². The van der Waals surface area contributed by atoms with Crippen LogP contribution in [0.4, 0.5) is 0 Å². The summed E-state index contributed by atoms with van der Waals surface area (Å²) < 4.78 is 0. The van der Waals surface area contributed by atoms with E-state index in [9.17, 15) is 0 Å². The molecule has 4 atom stereocenters. The molecule has 0 bridgehead atoms. The van der Waals surface area contributed by atoms with Crippen molar-refractivity contribution in [1.29, 1.82) is 0 Å². The first kappa shape index (κ1) is 8.13. The summed E-state index contributed by atoms with van der Waals surface area (Å²) in [6.45, 7) is 7.27. The molecule has 0 heterocycles. The molecule has 2 fully saturated rings. The fraction of sp³-hybridized carbons (Fsp3) is 1.00. The van der Waals surface area contributed by atoms with Crippen LogP contribution in [-0.4, -0.2) is 16.0 Å². The van der Waals surface area contributed by atoms with Crippen molar-refractivity contribution in [2.24, 2.45) is 23.2 Å². The summed E-state index contributed by atoms with van der Waals surface area (Å²) in [6, 6.07) is 0. The molecule has 1 heteroatoms. The van der Waals surface area contributed by atoms with Crippen LogP contribution in [0.1, 0.15) is 33.6 Å². The molecule has 0 aliphatic heterocycles. The Bertz CT molecular complexity index is 156. The first-order valence-electron chi connectivity index (χ1n) is 4.69. The van der Waals surface area contributed by atoms with Crippen LogP contribution in [0, 0.1) is 23.2 Å². The topological polar surface area (TPSA) is 0 Å². The van der Waals surface area contributed by atoms with Crippen LogP contribution in [0.5, 0.6) is 0 Å². The Morgan fingerprint density at radius 2 is 1.73 bits per heavy atom. The third-order valence-electron chi connectivity index (χ3n) is 4.03. The summed E-state index contributed by atoms with van der Waals surface area (Å²) in [5.74, 6) is 3.03. The molecule has 2 aliphatic carbocycles. The maximum atomic E-state index is 3.32. The maximum absolute atomic E-state index is 3.32. The molecule has 1 radical (unpaired) electrons. The third-order valence-corrected chi connectivity index (χ3v) is 5.41. The molecule has 11 heavy (non-hydrogen) atoms. The van der Waals surface area contributed by atoms with Crippen molar-refractivity contribution in [1.82, 2.24) is 0 Å². The van der Waals surface area contributed by atoms with Crippen LogP contribution in [0.25, 0.3) is 0 Å². The van der Waals surface area contributed by atoms with Crippen molar-refractivity contribution in [2.45, 2.75) is 38.4 Å². The second kappa shape index (κ2) is 2.26. The molecule has 0 spiro atoms. The Kier molecular flexibility index (Phi) is 1.67. The van der Waals surface area contributed by atoms with Crippen LogP contribution in [-0.2, 0) is 0 Å². The predicted octanol–water partition coefficient (Wildman–Crippen LogP) is 2.65. The van der Waals surface area contributed by atoms with Crippen molar-refractivity contribution in [3.8, 4) is 0 Å². The predicted molar refractivity (Wildman–Crippen MR) is 48.7 cm³/mol. The molecule has 63 valence electrons. The zero-order valence-electron chi connectivity index (χ0n) is 7.63. The van der Waals surface area contributed by atoms with E-state index in [1.165, 1.54) is 12.8 Å². The quantitative estimate of drug-likeness (QED) is 0.546. The summed E-state index contributed by atoms with van der Waals surface area (Å²) in [4.78, 5) is 0.859. The summed E-state index contributed by atoms with van der Waals surface area (Å²) in [6.07, 6.45) is 2.91. The standard InChI is InChI=1S/C10H17Se/c1-6-4-7-8(5-9(6)11)10(7,2)3/h6-9H,4-5H2,1-3H3/t6-,7+,8-,9-/m1/s1. The molecule has 2 rings (SSSR count). The van der Waals surface area contributed by atoms with Gasteiger partial charge in [-0.05, 0) is 0 Å². The Hall–Kier alpha value is 0.519. The normalized spacial score (nSPS) is 53.5. The van der Waals surface area contributed by atoms with Crippen molar-refractivity contribution < 1.29 is 0 Å². The Morgan fingerprint density at radius 3 is 2.27 bits per heavy atom. The number of hydrogen-bond donors (Lipinski definition) is 0. The van der Waals surface area contributed by atoms with Gasteiger partial charge < -0.3 is 0 Å². The van der Waals surface area contributed by atoms with Gasteiger partial charge in [0.1, 0.15) is 0 Å². The van der Waals surface area contributed by atoms with Gasteiger partial charge in [0.2, 0.25) is 0 Å². The van der Waals surface area contributed by atoms with Gasteiger partial charge in [0, 0.05) is 0 Å². The first-order valence-corrected chi connectivity index (χ1v) is 5.68. The second-order valence-corrected chi connectivity index (χ2v) is 6.29. The first-order chi connectivity index (χ1) is 5.03. The SMILES string of the molecule is C[C@@H]1C[C@H]2[C@@H](C[C@H]1[Se])C2(C)C. The minimum atomic E-state index is 0.687. The summed E-state index contributed by atoms with van der Waals surface area (Å²) in [5, 5.41) is 0. The zero-order valence-corrected chi connectivity index (χ0v) is 9.34. The molecule has 0 unspecified atom stereocenters.